The molecule has 1 N–H and O–H groups in total. The minimum absolute atomic E-state index is 0.0161. The highest BCUT2D eigenvalue weighted by Gasteiger charge is 2.29. The molecule has 1 atom stereocenters. The van der Waals surface area contributed by atoms with Crippen LogP contribution in [0, 0.1) is 0 Å². The topological polar surface area (TPSA) is 21.3 Å². The maximum absolute atomic E-state index is 12.3. The van der Waals surface area contributed by atoms with Gasteiger partial charge < -0.3 is 10.1 Å². The summed E-state index contributed by atoms with van der Waals surface area (Å²) in [6, 6.07) is 4.96. The number of benzene rings is 1. The second-order valence-corrected chi connectivity index (χ2v) is 5.01. The fraction of sp³-hybridized carbons (Fsp3) is 0.538. The summed E-state index contributed by atoms with van der Waals surface area (Å²) in [6.07, 6.45) is -4.92. The number of hydrogen-bond donors (Lipinski definition) is 1. The van der Waals surface area contributed by atoms with Crippen molar-refractivity contribution in [2.24, 2.45) is 0 Å². The number of hydrogen-bond acceptors (Lipinski definition) is 2. The van der Waals surface area contributed by atoms with E-state index < -0.39 is 12.6 Å². The van der Waals surface area contributed by atoms with Gasteiger partial charge in [-0.15, -0.1) is 0 Å². The zero-order valence-corrected chi connectivity index (χ0v) is 12.4. The molecule has 0 saturated heterocycles. The molecule has 1 unspecified atom stereocenters. The molecule has 0 amide bonds. The molecule has 108 valence electrons. The van der Waals surface area contributed by atoms with Gasteiger partial charge in [-0.1, -0.05) is 28.9 Å². The van der Waals surface area contributed by atoms with Crippen LogP contribution in [0.4, 0.5) is 13.2 Å². The number of alkyl halides is 3. The van der Waals surface area contributed by atoms with Crippen LogP contribution in [-0.2, 0) is 0 Å². The third kappa shape index (κ3) is 5.40. The van der Waals surface area contributed by atoms with Crippen molar-refractivity contribution in [2.45, 2.75) is 32.0 Å². The molecule has 0 spiro atoms. The van der Waals surface area contributed by atoms with E-state index in [9.17, 15) is 13.2 Å². The van der Waals surface area contributed by atoms with E-state index in [0.717, 1.165) is 10.0 Å². The van der Waals surface area contributed by atoms with Crippen LogP contribution in [0.15, 0.2) is 22.7 Å². The first kappa shape index (κ1) is 16.3. The summed E-state index contributed by atoms with van der Waals surface area (Å²) in [5.74, 6) is 0.668. The monoisotopic (exact) mass is 339 g/mol. The Morgan fingerprint density at radius 3 is 2.53 bits per heavy atom. The molecule has 0 aliphatic rings. The Morgan fingerprint density at radius 1 is 1.37 bits per heavy atom. The molecule has 0 fully saturated rings. The van der Waals surface area contributed by atoms with E-state index in [1.165, 1.54) is 0 Å². The first-order valence-corrected chi connectivity index (χ1v) is 6.80. The molecule has 0 radical (unpaired) electrons. The van der Waals surface area contributed by atoms with Gasteiger partial charge in [-0.3, -0.25) is 0 Å². The quantitative estimate of drug-likeness (QED) is 0.826. The van der Waals surface area contributed by atoms with Gasteiger partial charge in [-0.2, -0.15) is 13.2 Å². The molecule has 1 aromatic carbocycles. The number of nitrogens with one attached hydrogen (secondary N) is 1. The summed E-state index contributed by atoms with van der Waals surface area (Å²) in [5.41, 5.74) is 0.812. The second-order valence-electron chi connectivity index (χ2n) is 4.15. The van der Waals surface area contributed by atoms with E-state index >= 15 is 0 Å². The van der Waals surface area contributed by atoms with Gasteiger partial charge in [0.25, 0.3) is 0 Å². The lowest BCUT2D eigenvalue weighted by molar-refractivity contribution is -0.136. The van der Waals surface area contributed by atoms with Crippen molar-refractivity contribution in [1.82, 2.24) is 5.32 Å². The number of rotatable bonds is 6. The number of halogens is 4. The van der Waals surface area contributed by atoms with Gasteiger partial charge in [-0.05, 0) is 30.7 Å². The van der Waals surface area contributed by atoms with Gasteiger partial charge in [0.15, 0.2) is 0 Å². The summed E-state index contributed by atoms with van der Waals surface area (Å²) < 4.78 is 42.8. The molecule has 19 heavy (non-hydrogen) atoms. The van der Waals surface area contributed by atoms with E-state index in [2.05, 4.69) is 21.2 Å². The van der Waals surface area contributed by atoms with Crippen LogP contribution < -0.4 is 10.1 Å². The standard InChI is InChI=1S/C13H17BrF3NO/c1-3-18-12(6-7-13(15,16)17)10-5-4-9(19-2)8-11(10)14/h4-5,8,12,18H,3,6-7H2,1-2H3. The van der Waals surface area contributed by atoms with Gasteiger partial charge in [0.1, 0.15) is 5.75 Å². The van der Waals surface area contributed by atoms with E-state index in [-0.39, 0.29) is 12.5 Å². The molecule has 0 heterocycles. The highest BCUT2D eigenvalue weighted by Crippen LogP contribution is 2.32. The van der Waals surface area contributed by atoms with E-state index in [1.54, 1.807) is 25.3 Å². The van der Waals surface area contributed by atoms with Crippen LogP contribution in [0.2, 0.25) is 0 Å². The molecule has 0 aliphatic heterocycles. The maximum atomic E-state index is 12.3. The first-order chi connectivity index (χ1) is 8.87. The zero-order valence-electron chi connectivity index (χ0n) is 10.9. The molecule has 0 aliphatic carbocycles. The maximum Gasteiger partial charge on any atom is 0.389 e. The molecule has 0 saturated carbocycles. The SMILES string of the molecule is CCNC(CCC(F)(F)F)c1ccc(OC)cc1Br. The highest BCUT2D eigenvalue weighted by atomic mass is 79.9. The molecular formula is C13H17BrF3NO. The van der Waals surface area contributed by atoms with Crippen LogP contribution in [0.5, 0.6) is 5.75 Å². The predicted molar refractivity (Wildman–Crippen MR) is 72.4 cm³/mol. The van der Waals surface area contributed by atoms with E-state index in [0.29, 0.717) is 12.3 Å². The van der Waals surface area contributed by atoms with Gasteiger partial charge >= 0.3 is 6.18 Å². The summed E-state index contributed by atoms with van der Waals surface area (Å²) in [6.45, 7) is 2.49. The van der Waals surface area contributed by atoms with Crippen LogP contribution in [-0.4, -0.2) is 19.8 Å². The molecule has 2 nitrogen and oxygen atoms in total. The molecule has 6 heteroatoms. The number of methoxy groups -OCH3 is 1. The average molecular weight is 340 g/mol. The van der Waals surface area contributed by atoms with Gasteiger partial charge in [0, 0.05) is 16.9 Å². The normalized spacial score (nSPS) is 13.4. The fourth-order valence-corrected chi connectivity index (χ4v) is 2.47. The van der Waals surface area contributed by atoms with Crippen molar-refractivity contribution >= 4 is 15.9 Å². The molecular weight excluding hydrogens is 323 g/mol. The van der Waals surface area contributed by atoms with E-state index in [1.807, 2.05) is 6.92 Å². The van der Waals surface area contributed by atoms with Gasteiger partial charge in [-0.25, -0.2) is 0 Å². The lowest BCUT2D eigenvalue weighted by Gasteiger charge is -2.21. The van der Waals surface area contributed by atoms with Crippen molar-refractivity contribution in [2.75, 3.05) is 13.7 Å². The van der Waals surface area contributed by atoms with Crippen molar-refractivity contribution in [1.29, 1.82) is 0 Å². The minimum atomic E-state index is -4.13. The summed E-state index contributed by atoms with van der Waals surface area (Å²) in [5, 5.41) is 3.08. The Balaban J connectivity index is 2.86. The summed E-state index contributed by atoms with van der Waals surface area (Å²) >= 11 is 3.38. The van der Waals surface area contributed by atoms with Gasteiger partial charge in [0.2, 0.25) is 0 Å². The third-order valence-electron chi connectivity index (χ3n) is 2.75. The lowest BCUT2D eigenvalue weighted by Crippen LogP contribution is -2.23. The molecule has 1 aromatic rings. The van der Waals surface area contributed by atoms with Crippen LogP contribution in [0.1, 0.15) is 31.4 Å². The Kier molecular flexibility index (Phi) is 6.13. The van der Waals surface area contributed by atoms with Crippen molar-refractivity contribution in [3.05, 3.63) is 28.2 Å². The summed E-state index contributed by atoms with van der Waals surface area (Å²) in [7, 11) is 1.55. The predicted octanol–water partition coefficient (Wildman–Crippen LogP) is 4.45. The summed E-state index contributed by atoms with van der Waals surface area (Å²) in [4.78, 5) is 0. The fourth-order valence-electron chi connectivity index (χ4n) is 1.84. The first-order valence-electron chi connectivity index (χ1n) is 6.01. The third-order valence-corrected chi connectivity index (χ3v) is 3.44. The second kappa shape index (κ2) is 7.14. The average Bonchev–Trinajstić information content (AvgIpc) is 2.33. The molecule has 0 aromatic heterocycles. The largest absolute Gasteiger partial charge is 0.497 e. The Labute approximate surface area is 119 Å². The van der Waals surface area contributed by atoms with Crippen molar-refractivity contribution in [3.63, 3.8) is 0 Å². The highest BCUT2D eigenvalue weighted by molar-refractivity contribution is 9.10. The number of ether oxygens (including phenoxy) is 1. The van der Waals surface area contributed by atoms with Gasteiger partial charge in [0.05, 0.1) is 7.11 Å². The van der Waals surface area contributed by atoms with Crippen molar-refractivity contribution in [3.8, 4) is 5.75 Å². The van der Waals surface area contributed by atoms with Crippen LogP contribution >= 0.6 is 15.9 Å². The van der Waals surface area contributed by atoms with E-state index in [4.69, 9.17) is 4.74 Å². The molecule has 1 rings (SSSR count). The van der Waals surface area contributed by atoms with Crippen LogP contribution in [0.25, 0.3) is 0 Å². The lowest BCUT2D eigenvalue weighted by atomic mass is 10.0. The Morgan fingerprint density at radius 2 is 2.05 bits per heavy atom. The zero-order chi connectivity index (χ0) is 14.5. The Hall–Kier alpha value is -0.750. The smallest absolute Gasteiger partial charge is 0.389 e. The van der Waals surface area contributed by atoms with Crippen molar-refractivity contribution < 1.29 is 17.9 Å². The van der Waals surface area contributed by atoms with Crippen LogP contribution in [0.3, 0.4) is 0 Å². The molecule has 0 bridgehead atoms. The minimum Gasteiger partial charge on any atom is -0.497 e. The Bertz CT molecular complexity index is 409.